The fourth-order valence-corrected chi connectivity index (χ4v) is 3.97. The van der Waals surface area contributed by atoms with Gasteiger partial charge in [-0.3, -0.25) is 9.59 Å². The van der Waals surface area contributed by atoms with Gasteiger partial charge in [0.25, 0.3) is 11.5 Å². The monoisotopic (exact) mass is 420 g/mol. The Morgan fingerprint density at radius 2 is 1.84 bits per heavy atom. The van der Waals surface area contributed by atoms with Crippen LogP contribution in [0.1, 0.15) is 10.4 Å². The molecule has 4 N–H and O–H groups in total. The number of fused-ring (bicyclic) bond motifs is 2. The van der Waals surface area contributed by atoms with Crippen molar-refractivity contribution in [2.75, 3.05) is 39.0 Å². The average molecular weight is 420 g/mol. The molecule has 0 bridgehead atoms. The van der Waals surface area contributed by atoms with Crippen LogP contribution in [-0.4, -0.2) is 63.9 Å². The number of anilines is 1. The van der Waals surface area contributed by atoms with Crippen molar-refractivity contribution in [3.63, 3.8) is 0 Å². The van der Waals surface area contributed by atoms with Gasteiger partial charge in [-0.2, -0.15) is 0 Å². The van der Waals surface area contributed by atoms with Crippen LogP contribution in [0.4, 0.5) is 10.1 Å². The van der Waals surface area contributed by atoms with Crippen LogP contribution in [0.2, 0.25) is 0 Å². The molecule has 0 atom stereocenters. The summed E-state index contributed by atoms with van der Waals surface area (Å²) in [7, 11) is 1.99. The van der Waals surface area contributed by atoms with E-state index < -0.39 is 11.4 Å². The minimum absolute atomic E-state index is 0.0327. The van der Waals surface area contributed by atoms with Crippen molar-refractivity contribution in [1.29, 1.82) is 0 Å². The Morgan fingerprint density at radius 1 is 1.10 bits per heavy atom. The van der Waals surface area contributed by atoms with Crippen LogP contribution in [0.15, 0.2) is 41.2 Å². The Balaban J connectivity index is 1.60. The summed E-state index contributed by atoms with van der Waals surface area (Å²) in [4.78, 5) is 39.5. The van der Waals surface area contributed by atoms with Gasteiger partial charge in [0.2, 0.25) is 0 Å². The number of aromatic nitrogens is 3. The number of para-hydroxylation sites is 2. The molecule has 5 rings (SSSR count). The molecule has 8 nitrogen and oxygen atoms in total. The number of amides is 1. The van der Waals surface area contributed by atoms with Crippen LogP contribution < -0.4 is 11.3 Å². The zero-order chi connectivity index (χ0) is 21.7. The molecule has 0 radical (unpaired) electrons. The van der Waals surface area contributed by atoms with Gasteiger partial charge in [0.15, 0.2) is 5.69 Å². The fourth-order valence-electron chi connectivity index (χ4n) is 3.97. The highest BCUT2D eigenvalue weighted by atomic mass is 19.1. The van der Waals surface area contributed by atoms with Crippen molar-refractivity contribution in [3.8, 4) is 11.4 Å². The van der Waals surface area contributed by atoms with E-state index >= 15 is 0 Å². The van der Waals surface area contributed by atoms with Crippen LogP contribution >= 0.6 is 0 Å². The van der Waals surface area contributed by atoms with Crippen molar-refractivity contribution in [1.82, 2.24) is 24.8 Å². The summed E-state index contributed by atoms with van der Waals surface area (Å²) < 4.78 is 14.8. The van der Waals surface area contributed by atoms with Gasteiger partial charge in [-0.25, -0.2) is 9.37 Å². The maximum Gasteiger partial charge on any atom is 0.276 e. The van der Waals surface area contributed by atoms with Crippen LogP contribution in [-0.2, 0) is 0 Å². The molecule has 3 heterocycles. The Morgan fingerprint density at radius 3 is 2.61 bits per heavy atom. The molecule has 2 aromatic carbocycles. The number of H-pyrrole nitrogens is 2. The molecule has 2 aromatic heterocycles. The second-order valence-corrected chi connectivity index (χ2v) is 7.82. The van der Waals surface area contributed by atoms with Gasteiger partial charge in [-0.15, -0.1) is 0 Å². The van der Waals surface area contributed by atoms with Gasteiger partial charge in [0, 0.05) is 31.6 Å². The van der Waals surface area contributed by atoms with E-state index in [1.54, 1.807) is 23.1 Å². The summed E-state index contributed by atoms with van der Waals surface area (Å²) in [5.74, 6) is -0.999. The number of benzene rings is 2. The predicted octanol–water partition coefficient (Wildman–Crippen LogP) is 2.18. The first-order chi connectivity index (χ1) is 14.9. The van der Waals surface area contributed by atoms with Gasteiger partial charge in [-0.1, -0.05) is 12.1 Å². The van der Waals surface area contributed by atoms with Crippen molar-refractivity contribution < 1.29 is 9.18 Å². The standard InChI is InChI=1S/C22H21FN6O2/c1-28-6-8-29(9-7-28)22(31)12-10-13-17(11-14(12)23)26-19(18(13)24)20-21(30)27-16-5-3-2-4-15(16)25-20/h2-5,10-11,26H,6-9,24H2,1H3,(H,27,30). The number of nitrogens with zero attached hydrogens (tertiary/aromatic N) is 3. The first kappa shape index (κ1) is 19.3. The molecule has 0 aliphatic carbocycles. The summed E-state index contributed by atoms with van der Waals surface area (Å²) in [6.07, 6.45) is 0. The Kier molecular flexibility index (Phi) is 4.48. The van der Waals surface area contributed by atoms with Crippen LogP contribution in [0, 0.1) is 5.82 Å². The number of aromatic amines is 2. The van der Waals surface area contributed by atoms with Crippen molar-refractivity contribution in [2.24, 2.45) is 0 Å². The van der Waals surface area contributed by atoms with E-state index in [4.69, 9.17) is 5.73 Å². The zero-order valence-corrected chi connectivity index (χ0v) is 16.9. The maximum absolute atomic E-state index is 14.8. The lowest BCUT2D eigenvalue weighted by molar-refractivity contribution is 0.0659. The quantitative estimate of drug-likeness (QED) is 0.460. The Hall–Kier alpha value is -3.72. The van der Waals surface area contributed by atoms with Crippen molar-refractivity contribution in [3.05, 3.63) is 58.1 Å². The lowest BCUT2D eigenvalue weighted by atomic mass is 10.1. The van der Waals surface area contributed by atoms with Gasteiger partial charge in [-0.05, 0) is 31.3 Å². The molecule has 0 spiro atoms. The van der Waals surface area contributed by atoms with E-state index in [0.29, 0.717) is 40.7 Å². The molecule has 4 aromatic rings. The van der Waals surface area contributed by atoms with Gasteiger partial charge >= 0.3 is 0 Å². The molecular weight excluding hydrogens is 399 g/mol. The number of halogens is 1. The number of carbonyl (C=O) groups is 1. The normalized spacial score (nSPS) is 15.1. The summed E-state index contributed by atoms with van der Waals surface area (Å²) in [5, 5.41) is 0.475. The van der Waals surface area contributed by atoms with Crippen molar-refractivity contribution in [2.45, 2.75) is 0 Å². The highest BCUT2D eigenvalue weighted by molar-refractivity contribution is 6.05. The lowest BCUT2D eigenvalue weighted by Crippen LogP contribution is -2.47. The van der Waals surface area contributed by atoms with E-state index in [0.717, 1.165) is 13.1 Å². The number of likely N-dealkylation sites (N-methyl/N-ethyl adjacent to an activating group) is 1. The zero-order valence-electron chi connectivity index (χ0n) is 16.9. The number of carbonyl (C=O) groups excluding carboxylic acids is 1. The van der Waals surface area contributed by atoms with Crippen LogP contribution in [0.25, 0.3) is 33.3 Å². The topological polar surface area (TPSA) is 111 Å². The lowest BCUT2D eigenvalue weighted by Gasteiger charge is -2.32. The SMILES string of the molecule is CN1CCN(C(=O)c2cc3c(N)c(-c4nc5ccccc5[nH]c4=O)[nH]c3cc2F)CC1. The van der Waals surface area contributed by atoms with Crippen LogP contribution in [0.5, 0.6) is 0 Å². The van der Waals surface area contributed by atoms with E-state index in [1.807, 2.05) is 13.1 Å². The average Bonchev–Trinajstić information content (AvgIpc) is 3.07. The molecule has 1 amide bonds. The third-order valence-corrected chi connectivity index (χ3v) is 5.78. The van der Waals surface area contributed by atoms with E-state index in [1.165, 1.54) is 12.1 Å². The largest absolute Gasteiger partial charge is 0.396 e. The number of rotatable bonds is 2. The molecule has 1 saturated heterocycles. The molecule has 0 saturated carbocycles. The number of nitrogens with two attached hydrogens (primary N) is 1. The predicted molar refractivity (Wildman–Crippen MR) is 117 cm³/mol. The third kappa shape index (κ3) is 3.23. The third-order valence-electron chi connectivity index (χ3n) is 5.78. The smallest absolute Gasteiger partial charge is 0.276 e. The number of piperazine rings is 1. The first-order valence-electron chi connectivity index (χ1n) is 10.0. The summed E-state index contributed by atoms with van der Waals surface area (Å²) in [6.45, 7) is 2.55. The molecule has 1 aliphatic rings. The molecule has 0 unspecified atom stereocenters. The maximum atomic E-state index is 14.8. The Bertz CT molecular complexity index is 1380. The minimum atomic E-state index is -0.635. The first-order valence-corrected chi connectivity index (χ1v) is 10.0. The van der Waals surface area contributed by atoms with E-state index in [2.05, 4.69) is 19.9 Å². The molecule has 9 heteroatoms. The Labute approximate surface area is 176 Å². The number of nitrogens with one attached hydrogen (secondary N) is 2. The van der Waals surface area contributed by atoms with E-state index in [-0.39, 0.29) is 22.9 Å². The molecule has 1 fully saturated rings. The van der Waals surface area contributed by atoms with E-state index in [9.17, 15) is 14.0 Å². The highest BCUT2D eigenvalue weighted by Crippen LogP contribution is 2.32. The summed E-state index contributed by atoms with van der Waals surface area (Å²) in [5.41, 5.74) is 8.14. The highest BCUT2D eigenvalue weighted by Gasteiger charge is 2.25. The summed E-state index contributed by atoms with van der Waals surface area (Å²) in [6, 6.07) is 9.85. The van der Waals surface area contributed by atoms with Gasteiger partial charge in [0.05, 0.1) is 33.5 Å². The fraction of sp³-hybridized carbons (Fsp3) is 0.227. The summed E-state index contributed by atoms with van der Waals surface area (Å²) >= 11 is 0. The molecule has 1 aliphatic heterocycles. The van der Waals surface area contributed by atoms with Gasteiger partial charge < -0.3 is 25.5 Å². The molecule has 31 heavy (non-hydrogen) atoms. The van der Waals surface area contributed by atoms with Crippen molar-refractivity contribution >= 4 is 33.5 Å². The second-order valence-electron chi connectivity index (χ2n) is 7.82. The number of nitrogen functional groups attached to an aromatic ring is 1. The number of hydrogen-bond acceptors (Lipinski definition) is 5. The van der Waals surface area contributed by atoms with Crippen LogP contribution in [0.3, 0.4) is 0 Å². The molecule has 158 valence electrons. The molecular formula is C22H21FN6O2. The van der Waals surface area contributed by atoms with Gasteiger partial charge in [0.1, 0.15) is 5.82 Å². The minimum Gasteiger partial charge on any atom is -0.396 e. The second kappa shape index (κ2) is 7.21. The number of hydrogen-bond donors (Lipinski definition) is 3.